The molecule has 168 valence electrons. The fourth-order valence-electron chi connectivity index (χ4n) is 3.57. The van der Waals surface area contributed by atoms with E-state index in [0.717, 1.165) is 6.07 Å². The highest BCUT2D eigenvalue weighted by Gasteiger charge is 2.32. The molecular formula is C24H19F3N4O2. The third-order valence-corrected chi connectivity index (χ3v) is 5.20. The fourth-order valence-corrected chi connectivity index (χ4v) is 3.57. The number of aryl methyl sites for hydroxylation is 1. The van der Waals surface area contributed by atoms with Gasteiger partial charge in [-0.1, -0.05) is 30.3 Å². The molecule has 2 aromatic heterocycles. The molecule has 1 N–H and O–H groups in total. The van der Waals surface area contributed by atoms with Gasteiger partial charge in [0.1, 0.15) is 11.2 Å². The van der Waals surface area contributed by atoms with Crippen LogP contribution in [-0.4, -0.2) is 20.4 Å². The number of aromatic nitrogens is 3. The van der Waals surface area contributed by atoms with E-state index in [9.17, 15) is 22.8 Å². The molecule has 33 heavy (non-hydrogen) atoms. The number of pyridine rings is 1. The van der Waals surface area contributed by atoms with Crippen molar-refractivity contribution in [3.63, 3.8) is 0 Å². The zero-order chi connectivity index (χ0) is 23.6. The van der Waals surface area contributed by atoms with Crippen molar-refractivity contribution in [2.45, 2.75) is 26.2 Å². The summed E-state index contributed by atoms with van der Waals surface area (Å²) in [5.41, 5.74) is 0.943. The molecule has 9 heteroatoms. The minimum atomic E-state index is -4.50. The van der Waals surface area contributed by atoms with Gasteiger partial charge in [0.2, 0.25) is 0 Å². The number of carbonyl (C=O) groups is 1. The van der Waals surface area contributed by atoms with Gasteiger partial charge in [0, 0.05) is 30.4 Å². The first-order chi connectivity index (χ1) is 15.8. The third kappa shape index (κ3) is 4.48. The Morgan fingerprint density at radius 3 is 2.45 bits per heavy atom. The van der Waals surface area contributed by atoms with Crippen LogP contribution in [0.25, 0.3) is 22.4 Å². The van der Waals surface area contributed by atoms with Crippen LogP contribution in [0.3, 0.4) is 0 Å². The summed E-state index contributed by atoms with van der Waals surface area (Å²) in [6.07, 6.45) is -2.91. The lowest BCUT2D eigenvalue weighted by Crippen LogP contribution is -2.25. The van der Waals surface area contributed by atoms with Gasteiger partial charge in [-0.15, -0.1) is 0 Å². The second kappa shape index (κ2) is 8.85. The van der Waals surface area contributed by atoms with Crippen LogP contribution in [0.1, 0.15) is 28.4 Å². The number of carbonyl (C=O) groups excluding carboxylic acids is 1. The van der Waals surface area contributed by atoms with Crippen LogP contribution >= 0.6 is 0 Å². The Hall–Kier alpha value is -4.01. The van der Waals surface area contributed by atoms with Crippen LogP contribution in [0.2, 0.25) is 0 Å². The van der Waals surface area contributed by atoms with Crippen LogP contribution in [0.4, 0.5) is 13.2 Å². The molecule has 2 aromatic carbocycles. The zero-order valence-electron chi connectivity index (χ0n) is 17.6. The Kier molecular flexibility index (Phi) is 5.95. The van der Waals surface area contributed by atoms with Crippen molar-refractivity contribution in [2.75, 3.05) is 0 Å². The molecule has 0 saturated carbocycles. The molecule has 0 spiro atoms. The third-order valence-electron chi connectivity index (χ3n) is 5.20. The summed E-state index contributed by atoms with van der Waals surface area (Å²) in [4.78, 5) is 34.0. The summed E-state index contributed by atoms with van der Waals surface area (Å²) in [7, 11) is 0. The second-order valence-electron chi connectivity index (χ2n) is 7.27. The molecule has 0 radical (unpaired) electrons. The first-order valence-corrected chi connectivity index (χ1v) is 10.2. The standard InChI is InChI=1S/C24H19F3N4O2/c1-2-31-21-19(8-5-13-28-21)30-20(23(31)33)15-9-11-16(12-10-15)22(32)29-14-17-6-3-4-7-18(17)24(25,26)27/h3-13H,2,14H2,1H3,(H,29,32). The number of hydrogen-bond acceptors (Lipinski definition) is 4. The molecule has 0 saturated heterocycles. The maximum absolute atomic E-state index is 13.1. The molecule has 0 unspecified atom stereocenters. The van der Waals surface area contributed by atoms with Crippen molar-refractivity contribution in [3.8, 4) is 11.3 Å². The van der Waals surface area contributed by atoms with Crippen LogP contribution in [0.15, 0.2) is 71.7 Å². The van der Waals surface area contributed by atoms with Crippen molar-refractivity contribution in [3.05, 3.63) is 93.9 Å². The van der Waals surface area contributed by atoms with E-state index < -0.39 is 17.6 Å². The Morgan fingerprint density at radius 1 is 1.03 bits per heavy atom. The van der Waals surface area contributed by atoms with E-state index in [0.29, 0.717) is 23.3 Å². The highest BCUT2D eigenvalue weighted by atomic mass is 19.4. The molecule has 0 atom stereocenters. The van der Waals surface area contributed by atoms with E-state index in [1.165, 1.54) is 34.9 Å². The van der Waals surface area contributed by atoms with Gasteiger partial charge in [-0.3, -0.25) is 14.2 Å². The number of halogens is 3. The number of amides is 1. The molecule has 0 aliphatic carbocycles. The van der Waals surface area contributed by atoms with E-state index in [4.69, 9.17) is 0 Å². The highest BCUT2D eigenvalue weighted by molar-refractivity contribution is 5.94. The number of hydrogen-bond donors (Lipinski definition) is 1. The molecule has 4 rings (SSSR count). The number of alkyl halides is 3. The Bertz CT molecular complexity index is 1380. The van der Waals surface area contributed by atoms with Gasteiger partial charge in [-0.05, 0) is 42.8 Å². The summed E-state index contributed by atoms with van der Waals surface area (Å²) < 4.78 is 40.9. The second-order valence-corrected chi connectivity index (χ2v) is 7.27. The van der Waals surface area contributed by atoms with Crippen molar-refractivity contribution in [2.24, 2.45) is 0 Å². The van der Waals surface area contributed by atoms with Gasteiger partial charge >= 0.3 is 6.18 Å². The van der Waals surface area contributed by atoms with Gasteiger partial charge in [-0.25, -0.2) is 9.97 Å². The summed E-state index contributed by atoms with van der Waals surface area (Å²) in [5, 5.41) is 2.51. The minimum Gasteiger partial charge on any atom is -0.348 e. The van der Waals surface area contributed by atoms with E-state index in [1.807, 2.05) is 6.92 Å². The lowest BCUT2D eigenvalue weighted by Gasteiger charge is -2.13. The van der Waals surface area contributed by atoms with Gasteiger partial charge in [0.25, 0.3) is 11.5 Å². The van der Waals surface area contributed by atoms with E-state index >= 15 is 0 Å². The average Bonchev–Trinajstić information content (AvgIpc) is 2.82. The number of nitrogens with zero attached hydrogens (tertiary/aromatic N) is 3. The summed E-state index contributed by atoms with van der Waals surface area (Å²) in [5.74, 6) is -0.528. The first kappa shape index (κ1) is 22.2. The van der Waals surface area contributed by atoms with Crippen molar-refractivity contribution in [1.82, 2.24) is 19.9 Å². The average molecular weight is 452 g/mol. The molecule has 0 aliphatic heterocycles. The summed E-state index contributed by atoms with van der Waals surface area (Å²) >= 11 is 0. The molecule has 0 aliphatic rings. The van der Waals surface area contributed by atoms with E-state index in [1.54, 1.807) is 30.5 Å². The Labute approximate surface area is 186 Å². The van der Waals surface area contributed by atoms with Crippen LogP contribution in [0, 0.1) is 0 Å². The zero-order valence-corrected chi connectivity index (χ0v) is 17.6. The molecular weight excluding hydrogens is 433 g/mol. The van der Waals surface area contributed by atoms with E-state index in [2.05, 4.69) is 15.3 Å². The number of benzene rings is 2. The maximum Gasteiger partial charge on any atom is 0.416 e. The van der Waals surface area contributed by atoms with Crippen LogP contribution in [-0.2, 0) is 19.3 Å². The normalized spacial score (nSPS) is 11.5. The minimum absolute atomic E-state index is 0.0240. The largest absolute Gasteiger partial charge is 0.416 e. The topological polar surface area (TPSA) is 76.9 Å². The van der Waals surface area contributed by atoms with Crippen molar-refractivity contribution >= 4 is 17.1 Å². The van der Waals surface area contributed by atoms with Crippen molar-refractivity contribution in [1.29, 1.82) is 0 Å². The van der Waals surface area contributed by atoms with Gasteiger partial charge in [0.15, 0.2) is 5.65 Å². The number of rotatable bonds is 5. The fraction of sp³-hybridized carbons (Fsp3) is 0.167. The lowest BCUT2D eigenvalue weighted by molar-refractivity contribution is -0.138. The Balaban J connectivity index is 1.57. The Morgan fingerprint density at radius 2 is 1.76 bits per heavy atom. The monoisotopic (exact) mass is 452 g/mol. The summed E-state index contributed by atoms with van der Waals surface area (Å²) in [6.45, 7) is 1.99. The molecule has 1 amide bonds. The lowest BCUT2D eigenvalue weighted by atomic mass is 10.1. The number of fused-ring (bicyclic) bond motifs is 1. The molecule has 0 fully saturated rings. The smallest absolute Gasteiger partial charge is 0.348 e. The molecule has 2 heterocycles. The SMILES string of the molecule is CCn1c(=O)c(-c2ccc(C(=O)NCc3ccccc3C(F)(F)F)cc2)nc2cccnc21. The maximum atomic E-state index is 13.1. The molecule has 4 aromatic rings. The molecule has 6 nitrogen and oxygen atoms in total. The van der Waals surface area contributed by atoms with Crippen molar-refractivity contribution < 1.29 is 18.0 Å². The predicted octanol–water partition coefficient (Wildman–Crippen LogP) is 4.43. The highest BCUT2D eigenvalue weighted by Crippen LogP contribution is 2.31. The van der Waals surface area contributed by atoms with Gasteiger partial charge in [0.05, 0.1) is 5.56 Å². The van der Waals surface area contributed by atoms with Crippen LogP contribution < -0.4 is 10.9 Å². The number of nitrogens with one attached hydrogen (secondary N) is 1. The van der Waals surface area contributed by atoms with Gasteiger partial charge in [-0.2, -0.15) is 13.2 Å². The van der Waals surface area contributed by atoms with E-state index in [-0.39, 0.29) is 28.9 Å². The van der Waals surface area contributed by atoms with Crippen LogP contribution in [0.5, 0.6) is 0 Å². The quantitative estimate of drug-likeness (QED) is 0.486. The van der Waals surface area contributed by atoms with Gasteiger partial charge < -0.3 is 5.32 Å². The summed E-state index contributed by atoms with van der Waals surface area (Å²) in [6, 6.07) is 14.8. The predicted molar refractivity (Wildman–Crippen MR) is 118 cm³/mol. The first-order valence-electron chi connectivity index (χ1n) is 10.2. The molecule has 0 bridgehead atoms.